The van der Waals surface area contributed by atoms with E-state index in [9.17, 15) is 4.79 Å². The second-order valence-electron chi connectivity index (χ2n) is 5.11. The van der Waals surface area contributed by atoms with Gasteiger partial charge < -0.3 is 25.3 Å². The summed E-state index contributed by atoms with van der Waals surface area (Å²) in [5.41, 5.74) is 6.55. The van der Waals surface area contributed by atoms with Crippen LogP contribution in [0, 0.1) is 5.92 Å². The summed E-state index contributed by atoms with van der Waals surface area (Å²) in [6.07, 6.45) is 0.850. The monoisotopic (exact) mass is 310 g/mol. The molecule has 0 bridgehead atoms. The summed E-state index contributed by atoms with van der Waals surface area (Å²) in [4.78, 5) is 12.1. The Balaban J connectivity index is 2.78. The molecule has 0 aliphatic rings. The Kier molecular flexibility index (Phi) is 7.70. The molecule has 2 unspecified atom stereocenters. The van der Waals surface area contributed by atoms with Crippen LogP contribution in [-0.2, 0) is 9.53 Å². The molecule has 0 radical (unpaired) electrons. The Bertz CT molecular complexity index is 479. The van der Waals surface area contributed by atoms with Crippen LogP contribution in [0.5, 0.6) is 11.5 Å². The molecule has 0 spiro atoms. The summed E-state index contributed by atoms with van der Waals surface area (Å²) in [7, 11) is 3.17. The van der Waals surface area contributed by atoms with Gasteiger partial charge >= 0.3 is 0 Å². The van der Waals surface area contributed by atoms with Gasteiger partial charge in [0.1, 0.15) is 6.61 Å². The van der Waals surface area contributed by atoms with E-state index in [1.54, 1.807) is 32.4 Å². The molecule has 1 rings (SSSR count). The van der Waals surface area contributed by atoms with Crippen molar-refractivity contribution in [3.8, 4) is 11.5 Å². The lowest BCUT2D eigenvalue weighted by Crippen LogP contribution is -2.40. The predicted octanol–water partition coefficient (Wildman–Crippen LogP) is 2.03. The summed E-state index contributed by atoms with van der Waals surface area (Å²) in [5, 5.41) is 2.81. The highest BCUT2D eigenvalue weighted by Crippen LogP contribution is 2.30. The van der Waals surface area contributed by atoms with Crippen LogP contribution in [0.1, 0.15) is 20.3 Å². The van der Waals surface area contributed by atoms with Crippen molar-refractivity contribution in [1.82, 2.24) is 0 Å². The Labute approximate surface area is 131 Å². The van der Waals surface area contributed by atoms with Crippen molar-refractivity contribution < 1.29 is 19.0 Å². The van der Waals surface area contributed by atoms with Crippen LogP contribution in [0.15, 0.2) is 18.2 Å². The zero-order chi connectivity index (χ0) is 16.5. The number of anilines is 1. The minimum atomic E-state index is -0.537. The van der Waals surface area contributed by atoms with Gasteiger partial charge in [0.15, 0.2) is 11.5 Å². The third-order valence-corrected chi connectivity index (χ3v) is 3.54. The molecule has 124 valence electrons. The van der Waals surface area contributed by atoms with Gasteiger partial charge in [-0.05, 0) is 18.1 Å². The van der Waals surface area contributed by atoms with E-state index in [2.05, 4.69) is 5.32 Å². The third-order valence-electron chi connectivity index (χ3n) is 3.54. The van der Waals surface area contributed by atoms with Gasteiger partial charge in [-0.3, -0.25) is 4.79 Å². The maximum atomic E-state index is 12.1. The number of ether oxygens (including phenoxy) is 3. The first-order valence-corrected chi connectivity index (χ1v) is 7.39. The van der Waals surface area contributed by atoms with Gasteiger partial charge in [0.05, 0.1) is 19.8 Å². The van der Waals surface area contributed by atoms with Crippen LogP contribution in [0.25, 0.3) is 0 Å². The molecule has 1 aromatic rings. The van der Waals surface area contributed by atoms with Gasteiger partial charge in [0, 0.05) is 18.9 Å². The lowest BCUT2D eigenvalue weighted by molar-refractivity contribution is -0.118. The normalized spacial score (nSPS) is 13.3. The molecule has 0 aliphatic carbocycles. The highest BCUT2D eigenvalue weighted by Gasteiger charge is 2.19. The summed E-state index contributed by atoms with van der Waals surface area (Å²) in [6.45, 7) is 4.83. The number of nitrogens with two attached hydrogens (primary N) is 1. The highest BCUT2D eigenvalue weighted by molar-refractivity contribution is 5.95. The SMILES string of the molecule is CCC(C)C(N)C(=O)Nc1ccc(OC)c(OCCOC)c1. The molecule has 3 N–H and O–H groups in total. The van der Waals surface area contributed by atoms with Crippen molar-refractivity contribution in [1.29, 1.82) is 0 Å². The fourth-order valence-corrected chi connectivity index (χ4v) is 1.84. The van der Waals surface area contributed by atoms with Gasteiger partial charge in [-0.2, -0.15) is 0 Å². The van der Waals surface area contributed by atoms with E-state index in [1.165, 1.54) is 0 Å². The lowest BCUT2D eigenvalue weighted by Gasteiger charge is -2.18. The molecule has 0 saturated carbocycles. The maximum Gasteiger partial charge on any atom is 0.241 e. The van der Waals surface area contributed by atoms with Crippen LogP contribution < -0.4 is 20.5 Å². The topological polar surface area (TPSA) is 82.8 Å². The Morgan fingerprint density at radius 2 is 2.00 bits per heavy atom. The maximum absolute atomic E-state index is 12.1. The molecule has 0 saturated heterocycles. The van der Waals surface area contributed by atoms with E-state index in [0.717, 1.165) is 6.42 Å². The van der Waals surface area contributed by atoms with Crippen molar-refractivity contribution in [2.24, 2.45) is 11.7 Å². The average Bonchev–Trinajstić information content (AvgIpc) is 2.53. The van der Waals surface area contributed by atoms with Crippen molar-refractivity contribution in [2.75, 3.05) is 32.8 Å². The van der Waals surface area contributed by atoms with Gasteiger partial charge in [-0.1, -0.05) is 20.3 Å². The van der Waals surface area contributed by atoms with E-state index in [0.29, 0.717) is 30.4 Å². The van der Waals surface area contributed by atoms with Gasteiger partial charge in [-0.15, -0.1) is 0 Å². The molecule has 0 aliphatic heterocycles. The van der Waals surface area contributed by atoms with Crippen molar-refractivity contribution in [3.63, 3.8) is 0 Å². The quantitative estimate of drug-likeness (QED) is 0.682. The van der Waals surface area contributed by atoms with Gasteiger partial charge in [0.2, 0.25) is 5.91 Å². The Morgan fingerprint density at radius 1 is 1.27 bits per heavy atom. The largest absolute Gasteiger partial charge is 0.493 e. The van der Waals surface area contributed by atoms with Crippen molar-refractivity contribution >= 4 is 11.6 Å². The molecule has 0 fully saturated rings. The number of methoxy groups -OCH3 is 2. The van der Waals surface area contributed by atoms with E-state index in [1.807, 2.05) is 13.8 Å². The number of carbonyl (C=O) groups is 1. The molecule has 1 aromatic carbocycles. The number of hydrogen-bond donors (Lipinski definition) is 2. The Hall–Kier alpha value is -1.79. The minimum absolute atomic E-state index is 0.121. The molecule has 6 nitrogen and oxygen atoms in total. The van der Waals surface area contributed by atoms with Crippen molar-refractivity contribution in [2.45, 2.75) is 26.3 Å². The van der Waals surface area contributed by atoms with Crippen LogP contribution in [0.2, 0.25) is 0 Å². The molecule has 0 aromatic heterocycles. The highest BCUT2D eigenvalue weighted by atomic mass is 16.5. The fraction of sp³-hybridized carbons (Fsp3) is 0.562. The summed E-state index contributed by atoms with van der Waals surface area (Å²) < 4.78 is 15.8. The second kappa shape index (κ2) is 9.27. The molecule has 0 heterocycles. The number of carbonyl (C=O) groups excluding carboxylic acids is 1. The summed E-state index contributed by atoms with van der Waals surface area (Å²) in [6, 6.07) is 4.68. The minimum Gasteiger partial charge on any atom is -0.493 e. The Morgan fingerprint density at radius 3 is 2.59 bits per heavy atom. The smallest absolute Gasteiger partial charge is 0.241 e. The first-order chi connectivity index (χ1) is 10.5. The van der Waals surface area contributed by atoms with Gasteiger partial charge in [0.25, 0.3) is 0 Å². The number of nitrogens with one attached hydrogen (secondary N) is 1. The van der Waals surface area contributed by atoms with Crippen LogP contribution in [0.4, 0.5) is 5.69 Å². The van der Waals surface area contributed by atoms with E-state index < -0.39 is 6.04 Å². The van der Waals surface area contributed by atoms with E-state index in [4.69, 9.17) is 19.9 Å². The molecule has 1 amide bonds. The van der Waals surface area contributed by atoms with Gasteiger partial charge in [-0.25, -0.2) is 0 Å². The summed E-state index contributed by atoms with van der Waals surface area (Å²) >= 11 is 0. The molecular weight excluding hydrogens is 284 g/mol. The first kappa shape index (κ1) is 18.3. The second-order valence-corrected chi connectivity index (χ2v) is 5.11. The van der Waals surface area contributed by atoms with E-state index in [-0.39, 0.29) is 11.8 Å². The fourth-order valence-electron chi connectivity index (χ4n) is 1.84. The first-order valence-electron chi connectivity index (χ1n) is 7.39. The average molecular weight is 310 g/mol. The number of hydrogen-bond acceptors (Lipinski definition) is 5. The van der Waals surface area contributed by atoms with Crippen LogP contribution in [-0.4, -0.2) is 39.4 Å². The molecule has 2 atom stereocenters. The van der Waals surface area contributed by atoms with Crippen LogP contribution in [0.3, 0.4) is 0 Å². The lowest BCUT2D eigenvalue weighted by atomic mass is 9.99. The van der Waals surface area contributed by atoms with Crippen LogP contribution >= 0.6 is 0 Å². The number of benzene rings is 1. The summed E-state index contributed by atoms with van der Waals surface area (Å²) in [5.74, 6) is 1.06. The van der Waals surface area contributed by atoms with E-state index >= 15 is 0 Å². The molecule has 6 heteroatoms. The zero-order valence-corrected chi connectivity index (χ0v) is 13.7. The standard InChI is InChI=1S/C16H26N2O4/c1-5-11(2)15(17)16(19)18-12-6-7-13(21-4)14(10-12)22-9-8-20-3/h6-7,10-11,15H,5,8-9,17H2,1-4H3,(H,18,19). The molecule has 22 heavy (non-hydrogen) atoms. The number of rotatable bonds is 9. The van der Waals surface area contributed by atoms with Crippen molar-refractivity contribution in [3.05, 3.63) is 18.2 Å². The predicted molar refractivity (Wildman–Crippen MR) is 86.4 cm³/mol. The number of amides is 1. The third kappa shape index (κ3) is 5.20. The molecular formula is C16H26N2O4. The zero-order valence-electron chi connectivity index (χ0n) is 13.7.